The second-order valence-electron chi connectivity index (χ2n) is 19.7. The topological polar surface area (TPSA) is 179 Å². The number of carbonyl (C=O) groups is 1. The molecule has 0 aromatic heterocycles. The van der Waals surface area contributed by atoms with Gasteiger partial charge in [-0.1, -0.05) is 64.5 Å². The van der Waals surface area contributed by atoms with Crippen molar-refractivity contribution >= 4 is 5.97 Å². The second kappa shape index (κ2) is 20.6. The molecule has 6 heterocycles. The SMILES string of the molecule is CC[C@H](C)[C@H]1O[C@]2(CC[C@@H]1C)C[C@@H]1C[C@@H](C/C=C(\C)[C@@H](O[C@H]3C[C@H](OC)[C@@H](O[C@H]4C[C@H](OC)[C@@H](O)[C@H](C)O4)[C@H](C)O3)[C@@H](C)/C=C/C=C3C(OC)O[C@@H]4[C@H](O)C(C)=C[C@@H](C(=O)O1)[C@]34O)O2. The molecule has 1 aliphatic carbocycles. The lowest BCUT2D eigenvalue weighted by Gasteiger charge is -2.51. The lowest BCUT2D eigenvalue weighted by molar-refractivity contribution is -0.340. The number of rotatable bonds is 9. The van der Waals surface area contributed by atoms with Crippen LogP contribution in [0.5, 0.6) is 0 Å². The van der Waals surface area contributed by atoms with Gasteiger partial charge in [0.1, 0.15) is 42.0 Å². The lowest BCUT2D eigenvalue weighted by Crippen LogP contribution is -2.58. The molecular weight excluding hydrogens is 829 g/mol. The maximum absolute atomic E-state index is 14.5. The van der Waals surface area contributed by atoms with Gasteiger partial charge >= 0.3 is 5.97 Å². The number of carbonyl (C=O) groups excluding carboxylic acids is 1. The van der Waals surface area contributed by atoms with Crippen molar-refractivity contribution in [2.24, 2.45) is 23.7 Å². The molecule has 6 aliphatic heterocycles. The Morgan fingerprint density at radius 2 is 1.58 bits per heavy atom. The summed E-state index contributed by atoms with van der Waals surface area (Å²) in [6.45, 7) is 16.2. The third-order valence-corrected chi connectivity index (χ3v) is 15.2. The van der Waals surface area contributed by atoms with Crippen LogP contribution in [0.2, 0.25) is 0 Å². The molecule has 0 aromatic rings. The normalized spacial score (nSPS) is 48.6. The summed E-state index contributed by atoms with van der Waals surface area (Å²) in [5.74, 6) is -2.35. The first kappa shape index (κ1) is 49.8. The average Bonchev–Trinajstić information content (AvgIpc) is 3.56. The molecule has 1 unspecified atom stereocenters. The maximum Gasteiger partial charge on any atom is 0.316 e. The third-order valence-electron chi connectivity index (χ3n) is 15.2. The molecule has 362 valence electrons. The van der Waals surface area contributed by atoms with E-state index in [1.54, 1.807) is 40.2 Å². The molecule has 0 aromatic carbocycles. The van der Waals surface area contributed by atoms with E-state index >= 15 is 0 Å². The van der Waals surface area contributed by atoms with E-state index in [1.165, 1.54) is 7.11 Å². The Balaban J connectivity index is 1.20. The molecule has 0 saturated carbocycles. The minimum Gasteiger partial charge on any atom is -0.462 e. The molecule has 0 amide bonds. The standard InChI is InChI=1S/C49H76O15/c1-12-25(2)43-28(5)18-19-48(64-43)24-33-21-32(63-48)17-16-27(4)42(60-39-23-37(55-10)44(31(8)58-39)61-38-22-36(54-9)41(51)30(7)57-38)26(3)14-13-15-34-47(56-11)62-45-40(50)29(6)20-35(46(52)59-33)49(34,45)53/h13-16,20,25-26,28,30-33,35-45,47,50-51,53H,12,17-19,21-24H2,1-11H3/b14-13+,27-16+,34-15?/t25-,26-,28-,30-,31-,32+,33-,35-,36-,37-,38-,39-,40+,41-,42-,43+,44-,45+,47?,48+,49+/m0/s1. The molecule has 5 fully saturated rings. The first-order valence-corrected chi connectivity index (χ1v) is 23.7. The van der Waals surface area contributed by atoms with Crippen LogP contribution in [0.4, 0.5) is 0 Å². The quantitative estimate of drug-likeness (QED) is 0.193. The minimum atomic E-state index is -1.97. The van der Waals surface area contributed by atoms with Gasteiger partial charge in [-0.15, -0.1) is 0 Å². The number of allylic oxidation sites excluding steroid dienone is 2. The summed E-state index contributed by atoms with van der Waals surface area (Å²) in [6.07, 6.45) is 4.67. The van der Waals surface area contributed by atoms with E-state index in [9.17, 15) is 20.1 Å². The molecule has 21 atom stereocenters. The van der Waals surface area contributed by atoms with Crippen molar-refractivity contribution in [2.75, 3.05) is 21.3 Å². The number of fused-ring (bicyclic) bond motifs is 2. The van der Waals surface area contributed by atoms with Gasteiger partial charge < -0.3 is 67.4 Å². The summed E-state index contributed by atoms with van der Waals surface area (Å²) >= 11 is 0. The number of hydrogen-bond acceptors (Lipinski definition) is 15. The first-order chi connectivity index (χ1) is 30.4. The molecule has 1 spiro atoms. The van der Waals surface area contributed by atoms with Crippen molar-refractivity contribution in [1.29, 1.82) is 0 Å². The van der Waals surface area contributed by atoms with Gasteiger partial charge in [-0.3, -0.25) is 4.79 Å². The molecule has 15 nitrogen and oxygen atoms in total. The van der Waals surface area contributed by atoms with Gasteiger partial charge in [0, 0.05) is 64.9 Å². The Kier molecular flexibility index (Phi) is 16.1. The van der Waals surface area contributed by atoms with E-state index in [-0.39, 0.29) is 18.1 Å². The van der Waals surface area contributed by atoms with Crippen molar-refractivity contribution in [3.63, 3.8) is 0 Å². The minimum absolute atomic E-state index is 0.0247. The van der Waals surface area contributed by atoms with Gasteiger partial charge in [0.25, 0.3) is 0 Å². The van der Waals surface area contributed by atoms with E-state index in [0.29, 0.717) is 61.5 Å². The smallest absolute Gasteiger partial charge is 0.316 e. The van der Waals surface area contributed by atoms with Crippen LogP contribution in [-0.4, -0.2) is 146 Å². The lowest BCUT2D eigenvalue weighted by atomic mass is 9.70. The number of hydrogen-bond donors (Lipinski definition) is 3. The van der Waals surface area contributed by atoms with E-state index < -0.39 is 103 Å². The van der Waals surface area contributed by atoms with Crippen LogP contribution in [-0.2, 0) is 56.9 Å². The predicted octanol–water partition coefficient (Wildman–Crippen LogP) is 5.57. The molecule has 3 N–H and O–H groups in total. The summed E-state index contributed by atoms with van der Waals surface area (Å²) in [6, 6.07) is 0. The second-order valence-corrected chi connectivity index (χ2v) is 19.7. The van der Waals surface area contributed by atoms with E-state index in [4.69, 9.17) is 52.1 Å². The average molecular weight is 905 g/mol. The first-order valence-electron chi connectivity index (χ1n) is 23.7. The summed E-state index contributed by atoms with van der Waals surface area (Å²) in [7, 11) is 4.68. The van der Waals surface area contributed by atoms with Crippen LogP contribution in [0.25, 0.3) is 0 Å². The molecule has 7 aliphatic rings. The molecule has 64 heavy (non-hydrogen) atoms. The molecule has 2 bridgehead atoms. The Morgan fingerprint density at radius 3 is 2.28 bits per heavy atom. The fourth-order valence-corrected chi connectivity index (χ4v) is 11.2. The zero-order valence-corrected chi connectivity index (χ0v) is 39.8. The summed E-state index contributed by atoms with van der Waals surface area (Å²) < 4.78 is 69.9. The van der Waals surface area contributed by atoms with E-state index in [0.717, 1.165) is 18.4 Å². The largest absolute Gasteiger partial charge is 0.462 e. The van der Waals surface area contributed by atoms with Gasteiger partial charge in [0.2, 0.25) is 0 Å². The Bertz CT molecular complexity index is 1730. The van der Waals surface area contributed by atoms with Crippen LogP contribution >= 0.6 is 0 Å². The fraction of sp³-hybridized carbons (Fsp3) is 0.816. The molecular formula is C49H76O15. The van der Waals surface area contributed by atoms with E-state index in [1.807, 2.05) is 26.0 Å². The van der Waals surface area contributed by atoms with E-state index in [2.05, 4.69) is 33.8 Å². The van der Waals surface area contributed by atoms with Crippen LogP contribution < -0.4 is 0 Å². The third kappa shape index (κ3) is 10.0. The monoisotopic (exact) mass is 905 g/mol. The van der Waals surface area contributed by atoms with Crippen molar-refractivity contribution in [2.45, 2.75) is 210 Å². The molecule has 5 saturated heterocycles. The van der Waals surface area contributed by atoms with Crippen molar-refractivity contribution in [3.8, 4) is 0 Å². The van der Waals surface area contributed by atoms with Crippen LogP contribution in [0, 0.1) is 23.7 Å². The fourth-order valence-electron chi connectivity index (χ4n) is 11.2. The highest BCUT2D eigenvalue weighted by Crippen LogP contribution is 2.50. The van der Waals surface area contributed by atoms with Gasteiger partial charge in [-0.2, -0.15) is 0 Å². The van der Waals surface area contributed by atoms with Gasteiger partial charge in [0.15, 0.2) is 24.7 Å². The molecule has 0 radical (unpaired) electrons. The zero-order valence-electron chi connectivity index (χ0n) is 39.8. The van der Waals surface area contributed by atoms with Gasteiger partial charge in [-0.25, -0.2) is 0 Å². The Morgan fingerprint density at radius 1 is 0.875 bits per heavy atom. The predicted molar refractivity (Wildman–Crippen MR) is 233 cm³/mol. The highest BCUT2D eigenvalue weighted by molar-refractivity contribution is 5.78. The van der Waals surface area contributed by atoms with Crippen LogP contribution in [0.3, 0.4) is 0 Å². The maximum atomic E-state index is 14.5. The highest BCUT2D eigenvalue weighted by atomic mass is 16.7. The number of aliphatic hydroxyl groups excluding tert-OH is 2. The summed E-state index contributed by atoms with van der Waals surface area (Å²) in [4.78, 5) is 14.5. The van der Waals surface area contributed by atoms with Gasteiger partial charge in [0.05, 0.1) is 42.7 Å². The number of methoxy groups -OCH3 is 3. The van der Waals surface area contributed by atoms with Crippen molar-refractivity contribution < 1.29 is 72.2 Å². The summed E-state index contributed by atoms with van der Waals surface area (Å²) in [5, 5.41) is 34.6. The highest BCUT2D eigenvalue weighted by Gasteiger charge is 2.63. The summed E-state index contributed by atoms with van der Waals surface area (Å²) in [5.41, 5.74) is -0.221. The van der Waals surface area contributed by atoms with Crippen molar-refractivity contribution in [3.05, 3.63) is 47.1 Å². The van der Waals surface area contributed by atoms with Gasteiger partial charge in [-0.05, 0) is 63.5 Å². The number of ether oxygens (including phenoxy) is 11. The number of esters is 1. The zero-order chi connectivity index (χ0) is 46.2. The molecule has 15 heteroatoms. The van der Waals surface area contributed by atoms with Crippen LogP contribution in [0.15, 0.2) is 47.1 Å². The Labute approximate surface area is 379 Å². The Hall–Kier alpha value is -2.09. The molecule has 7 rings (SSSR count). The number of aliphatic hydroxyl groups is 3. The van der Waals surface area contributed by atoms with Crippen molar-refractivity contribution in [1.82, 2.24) is 0 Å². The van der Waals surface area contributed by atoms with Crippen LogP contribution in [0.1, 0.15) is 107 Å².